The third-order valence-electron chi connectivity index (χ3n) is 6.33. The fourth-order valence-electron chi connectivity index (χ4n) is 4.68. The van der Waals surface area contributed by atoms with Gasteiger partial charge in [0.1, 0.15) is 18.0 Å². The zero-order chi connectivity index (χ0) is 31.3. The monoisotopic (exact) mass is 627 g/mol. The Hall–Kier alpha value is -4.04. The van der Waals surface area contributed by atoms with Crippen LogP contribution in [0.25, 0.3) is 5.69 Å². The highest BCUT2D eigenvalue weighted by molar-refractivity contribution is 6.30. The second kappa shape index (κ2) is 13.5. The number of ether oxygens (including phenoxy) is 6. The van der Waals surface area contributed by atoms with Crippen LogP contribution in [0.5, 0.6) is 17.2 Å². The molecule has 0 fully saturated rings. The number of hydrogen-bond acceptors (Lipinski definition) is 10. The Balaban J connectivity index is 1.98. The van der Waals surface area contributed by atoms with Gasteiger partial charge in [-0.2, -0.15) is 13.2 Å². The third-order valence-corrected chi connectivity index (χ3v) is 6.55. The Kier molecular flexibility index (Phi) is 10.0. The molecule has 2 atom stereocenters. The van der Waals surface area contributed by atoms with Crippen molar-refractivity contribution in [2.75, 3.05) is 34.0 Å². The van der Waals surface area contributed by atoms with Gasteiger partial charge in [0.25, 0.3) is 0 Å². The van der Waals surface area contributed by atoms with Crippen LogP contribution in [0.15, 0.2) is 30.3 Å². The number of benzene rings is 2. The summed E-state index contributed by atoms with van der Waals surface area (Å²) in [6.07, 6.45) is -7.73. The quantitative estimate of drug-likeness (QED) is 0.202. The van der Waals surface area contributed by atoms with E-state index in [1.165, 1.54) is 33.3 Å². The maximum Gasteiger partial charge on any atom is 0.452 e. The molecule has 11 nitrogen and oxygen atoms in total. The lowest BCUT2D eigenvalue weighted by Gasteiger charge is -2.25. The Morgan fingerprint density at radius 3 is 2.47 bits per heavy atom. The Morgan fingerprint density at radius 2 is 1.81 bits per heavy atom. The molecule has 0 amide bonds. The predicted octanol–water partition coefficient (Wildman–Crippen LogP) is 5.40. The first kappa shape index (κ1) is 31.9. The van der Waals surface area contributed by atoms with Crippen LogP contribution in [0.2, 0.25) is 5.02 Å². The minimum Gasteiger partial charge on any atom is -0.493 e. The number of hydrogen-bond donors (Lipinski definition) is 0. The molecule has 1 aliphatic rings. The van der Waals surface area contributed by atoms with Gasteiger partial charge in [0.2, 0.25) is 5.82 Å². The van der Waals surface area contributed by atoms with Crippen LogP contribution in [-0.4, -0.2) is 60.7 Å². The van der Waals surface area contributed by atoms with E-state index in [2.05, 4.69) is 10.2 Å². The zero-order valence-electron chi connectivity index (χ0n) is 23.7. The number of halogens is 4. The molecular weight excluding hydrogens is 599 g/mol. The SMILES string of the molecule is CCOC(=O)C[C@H]1O[C@H](c2cccc(OC)c2OC)c2cc(Cl)cc(OCCCOC(C)=O)c2-n2c1nnc2C(F)(F)F. The summed E-state index contributed by atoms with van der Waals surface area (Å²) in [5.41, 5.74) is 0.407. The van der Waals surface area contributed by atoms with E-state index < -0.39 is 42.6 Å². The van der Waals surface area contributed by atoms with Gasteiger partial charge in [-0.25, -0.2) is 0 Å². The van der Waals surface area contributed by atoms with Crippen molar-refractivity contribution in [2.24, 2.45) is 0 Å². The smallest absolute Gasteiger partial charge is 0.452 e. The average Bonchev–Trinajstić information content (AvgIpc) is 3.35. The molecule has 0 saturated carbocycles. The van der Waals surface area contributed by atoms with Crippen molar-refractivity contribution in [1.29, 1.82) is 0 Å². The van der Waals surface area contributed by atoms with Crippen molar-refractivity contribution < 1.29 is 51.2 Å². The molecule has 15 heteroatoms. The van der Waals surface area contributed by atoms with E-state index in [9.17, 15) is 22.8 Å². The normalized spacial score (nSPS) is 16.0. The average molecular weight is 628 g/mol. The highest BCUT2D eigenvalue weighted by atomic mass is 35.5. The summed E-state index contributed by atoms with van der Waals surface area (Å²) < 4.78 is 77.4. The van der Waals surface area contributed by atoms with E-state index in [0.29, 0.717) is 11.3 Å². The molecule has 1 aliphatic heterocycles. The molecular formula is C28H29ClF3N3O8. The molecule has 0 spiro atoms. The summed E-state index contributed by atoms with van der Waals surface area (Å²) in [6, 6.07) is 7.73. The number of carbonyl (C=O) groups excluding carboxylic acids is 2. The van der Waals surface area contributed by atoms with Crippen LogP contribution in [0.3, 0.4) is 0 Å². The van der Waals surface area contributed by atoms with Crippen molar-refractivity contribution in [3.63, 3.8) is 0 Å². The van der Waals surface area contributed by atoms with E-state index in [1.807, 2.05) is 0 Å². The molecule has 2 heterocycles. The molecule has 0 bridgehead atoms. The molecule has 3 aromatic rings. The number of nitrogens with zero attached hydrogens (tertiary/aromatic N) is 3. The van der Waals surface area contributed by atoms with Crippen LogP contribution in [-0.2, 0) is 30.0 Å². The van der Waals surface area contributed by atoms with Crippen LogP contribution in [0.1, 0.15) is 61.7 Å². The summed E-state index contributed by atoms with van der Waals surface area (Å²) in [5.74, 6) is -2.36. The van der Waals surface area contributed by atoms with Gasteiger partial charge < -0.3 is 28.4 Å². The van der Waals surface area contributed by atoms with E-state index >= 15 is 0 Å². The summed E-state index contributed by atoms with van der Waals surface area (Å²) in [4.78, 5) is 23.8. The van der Waals surface area contributed by atoms with Crippen molar-refractivity contribution in [3.05, 3.63) is 58.1 Å². The molecule has 0 saturated heterocycles. The number of fused-ring (bicyclic) bond motifs is 3. The number of carbonyl (C=O) groups is 2. The lowest BCUT2D eigenvalue weighted by molar-refractivity contribution is -0.147. The van der Waals surface area contributed by atoms with Gasteiger partial charge in [-0.1, -0.05) is 23.7 Å². The number of rotatable bonds is 11. The topological polar surface area (TPSA) is 120 Å². The molecule has 0 aliphatic carbocycles. The molecule has 43 heavy (non-hydrogen) atoms. The van der Waals surface area contributed by atoms with Crippen LogP contribution >= 0.6 is 11.6 Å². The molecule has 4 rings (SSSR count). The first-order chi connectivity index (χ1) is 20.5. The van der Waals surface area contributed by atoms with Gasteiger partial charge in [-0.3, -0.25) is 14.2 Å². The lowest BCUT2D eigenvalue weighted by atomic mass is 9.97. The van der Waals surface area contributed by atoms with Crippen molar-refractivity contribution in [1.82, 2.24) is 14.8 Å². The number of aromatic nitrogens is 3. The Bertz CT molecular complexity index is 1480. The van der Waals surface area contributed by atoms with Crippen LogP contribution < -0.4 is 14.2 Å². The third kappa shape index (κ3) is 6.96. The van der Waals surface area contributed by atoms with Gasteiger partial charge in [0.05, 0.1) is 46.1 Å². The first-order valence-electron chi connectivity index (χ1n) is 13.1. The van der Waals surface area contributed by atoms with Gasteiger partial charge in [0.15, 0.2) is 17.3 Å². The fraction of sp³-hybridized carbons (Fsp3) is 0.429. The molecule has 0 radical (unpaired) electrons. The van der Waals surface area contributed by atoms with E-state index in [1.54, 1.807) is 25.1 Å². The zero-order valence-corrected chi connectivity index (χ0v) is 24.5. The highest BCUT2D eigenvalue weighted by Crippen LogP contribution is 2.49. The van der Waals surface area contributed by atoms with Crippen LogP contribution in [0, 0.1) is 0 Å². The van der Waals surface area contributed by atoms with Crippen LogP contribution in [0.4, 0.5) is 13.2 Å². The number of methoxy groups -OCH3 is 2. The predicted molar refractivity (Wildman–Crippen MR) is 145 cm³/mol. The minimum absolute atomic E-state index is 0.0259. The summed E-state index contributed by atoms with van der Waals surface area (Å²) in [5, 5.41) is 7.38. The Morgan fingerprint density at radius 1 is 1.05 bits per heavy atom. The second-order valence-electron chi connectivity index (χ2n) is 9.20. The van der Waals surface area contributed by atoms with E-state index in [4.69, 9.17) is 40.0 Å². The second-order valence-corrected chi connectivity index (χ2v) is 9.63. The van der Waals surface area contributed by atoms with Crippen molar-refractivity contribution in [2.45, 2.75) is 45.1 Å². The van der Waals surface area contributed by atoms with Crippen molar-refractivity contribution >= 4 is 23.5 Å². The fourth-order valence-corrected chi connectivity index (χ4v) is 4.89. The molecule has 0 unspecified atom stereocenters. The molecule has 1 aromatic heterocycles. The van der Waals surface area contributed by atoms with Gasteiger partial charge in [-0.05, 0) is 19.1 Å². The maximum atomic E-state index is 14.4. The van der Waals surface area contributed by atoms with Gasteiger partial charge in [-0.15, -0.1) is 10.2 Å². The number of alkyl halides is 3. The Labute approximate surface area is 249 Å². The highest BCUT2D eigenvalue weighted by Gasteiger charge is 2.45. The van der Waals surface area contributed by atoms with E-state index in [0.717, 1.165) is 4.57 Å². The lowest BCUT2D eigenvalue weighted by Crippen LogP contribution is -2.19. The number of esters is 2. The maximum absolute atomic E-state index is 14.4. The van der Waals surface area contributed by atoms with E-state index in [-0.39, 0.29) is 59.8 Å². The van der Waals surface area contributed by atoms with Gasteiger partial charge in [0, 0.05) is 35.6 Å². The minimum atomic E-state index is -4.96. The summed E-state index contributed by atoms with van der Waals surface area (Å²) >= 11 is 6.50. The van der Waals surface area contributed by atoms with Crippen molar-refractivity contribution in [3.8, 4) is 22.9 Å². The molecule has 0 N–H and O–H groups in total. The van der Waals surface area contributed by atoms with Gasteiger partial charge >= 0.3 is 18.1 Å². The summed E-state index contributed by atoms with van der Waals surface area (Å²) in [6.45, 7) is 2.88. The standard InChI is InChI=1S/C28H29ClF3N3O8/c1-5-40-22(37)14-21-26-33-34-27(28(30,31)32)35(26)23-18(12-16(29)13-20(23)42-11-7-10-41-15(2)36)24(43-21)17-8-6-9-19(38-3)25(17)39-4/h6,8-9,12-13,21,24H,5,7,10-11,14H2,1-4H3/t21-,24-/m1/s1. The number of para-hydroxylation sites is 1. The largest absolute Gasteiger partial charge is 0.493 e. The summed E-state index contributed by atoms with van der Waals surface area (Å²) in [7, 11) is 2.84. The molecule has 232 valence electrons. The molecule has 2 aromatic carbocycles. The first-order valence-corrected chi connectivity index (χ1v) is 13.5.